The molecule has 4 nitrogen and oxygen atoms in total. The van der Waals surface area contributed by atoms with Gasteiger partial charge in [-0.2, -0.15) is 0 Å². The second-order valence-corrected chi connectivity index (χ2v) is 7.61. The van der Waals surface area contributed by atoms with E-state index in [4.69, 9.17) is 0 Å². The van der Waals surface area contributed by atoms with Crippen LogP contribution in [0.4, 0.5) is 15.8 Å². The van der Waals surface area contributed by atoms with Crippen molar-refractivity contribution in [1.29, 1.82) is 0 Å². The van der Waals surface area contributed by atoms with Gasteiger partial charge >= 0.3 is 0 Å². The highest BCUT2D eigenvalue weighted by molar-refractivity contribution is 6.00. The number of hydrogen-bond acceptors (Lipinski definition) is 3. The Hall–Kier alpha value is -3.08. The van der Waals surface area contributed by atoms with Gasteiger partial charge < -0.3 is 14.8 Å². The molecule has 0 atom stereocenters. The summed E-state index contributed by atoms with van der Waals surface area (Å²) in [5.41, 5.74) is 5.53. The Morgan fingerprint density at radius 3 is 2.24 bits per heavy atom. The standard InChI is InChI=1S/C24H26FN3O/c1-17-15-23(18(2)28(17)22-9-5-19(25)6-10-22)24(29)16-26-20-7-11-21(12-8-20)27-13-3-4-14-27/h5-12,15,26H,3-4,13-14,16H2,1-2H3. The van der Waals surface area contributed by atoms with Crippen LogP contribution in [0.5, 0.6) is 0 Å². The van der Waals surface area contributed by atoms with Crippen LogP contribution in [-0.4, -0.2) is 30.0 Å². The second-order valence-electron chi connectivity index (χ2n) is 7.61. The zero-order valence-corrected chi connectivity index (χ0v) is 16.9. The Labute approximate surface area is 171 Å². The highest BCUT2D eigenvalue weighted by Crippen LogP contribution is 2.23. The SMILES string of the molecule is Cc1cc(C(=O)CNc2ccc(N3CCCC3)cc2)c(C)n1-c1ccc(F)cc1. The molecule has 1 aliphatic heterocycles. The molecule has 1 fully saturated rings. The number of nitrogens with one attached hydrogen (secondary N) is 1. The van der Waals surface area contributed by atoms with Crippen molar-refractivity contribution in [2.45, 2.75) is 26.7 Å². The van der Waals surface area contributed by atoms with Crippen molar-refractivity contribution in [3.8, 4) is 5.69 Å². The van der Waals surface area contributed by atoms with Crippen molar-refractivity contribution in [2.75, 3.05) is 29.9 Å². The summed E-state index contributed by atoms with van der Waals surface area (Å²) in [6.45, 7) is 6.35. The van der Waals surface area contributed by atoms with Crippen LogP contribution >= 0.6 is 0 Å². The number of hydrogen-bond donors (Lipinski definition) is 1. The molecule has 2 heterocycles. The highest BCUT2D eigenvalue weighted by atomic mass is 19.1. The van der Waals surface area contributed by atoms with Gasteiger partial charge in [0.15, 0.2) is 5.78 Å². The summed E-state index contributed by atoms with van der Waals surface area (Å²) in [6.07, 6.45) is 2.51. The van der Waals surface area contributed by atoms with E-state index in [2.05, 4.69) is 22.3 Å². The molecule has 0 radical (unpaired) electrons. The van der Waals surface area contributed by atoms with Gasteiger partial charge in [-0.15, -0.1) is 0 Å². The van der Waals surface area contributed by atoms with Crippen LogP contribution in [0.25, 0.3) is 5.69 Å². The summed E-state index contributed by atoms with van der Waals surface area (Å²) >= 11 is 0. The van der Waals surface area contributed by atoms with Gasteiger partial charge in [0.1, 0.15) is 5.82 Å². The van der Waals surface area contributed by atoms with Crippen molar-refractivity contribution in [3.63, 3.8) is 0 Å². The first-order chi connectivity index (χ1) is 14.0. The number of aromatic nitrogens is 1. The van der Waals surface area contributed by atoms with E-state index in [1.165, 1.54) is 30.7 Å². The summed E-state index contributed by atoms with van der Waals surface area (Å²) in [4.78, 5) is 15.2. The third-order valence-corrected chi connectivity index (χ3v) is 5.61. The molecule has 0 spiro atoms. The molecule has 0 bridgehead atoms. The molecule has 1 saturated heterocycles. The largest absolute Gasteiger partial charge is 0.378 e. The molecule has 2 aromatic carbocycles. The lowest BCUT2D eigenvalue weighted by molar-refractivity contribution is 0.101. The molecule has 1 aliphatic rings. The van der Waals surface area contributed by atoms with Crippen LogP contribution in [0.1, 0.15) is 34.6 Å². The molecule has 0 aliphatic carbocycles. The van der Waals surface area contributed by atoms with Gasteiger partial charge in [-0.3, -0.25) is 4.79 Å². The fourth-order valence-electron chi connectivity index (χ4n) is 4.08. The quantitative estimate of drug-likeness (QED) is 0.592. The molecule has 3 aromatic rings. The Morgan fingerprint density at radius 1 is 0.966 bits per heavy atom. The van der Waals surface area contributed by atoms with Gasteiger partial charge in [-0.1, -0.05) is 0 Å². The number of nitrogens with zero attached hydrogens (tertiary/aromatic N) is 2. The van der Waals surface area contributed by atoms with Crippen molar-refractivity contribution >= 4 is 17.2 Å². The Bertz CT molecular complexity index is 1000. The number of benzene rings is 2. The zero-order chi connectivity index (χ0) is 20.4. The predicted octanol–water partition coefficient (Wildman–Crippen LogP) is 5.13. The first kappa shape index (κ1) is 19.2. The van der Waals surface area contributed by atoms with E-state index in [1.54, 1.807) is 12.1 Å². The number of anilines is 2. The van der Waals surface area contributed by atoms with Crippen LogP contribution < -0.4 is 10.2 Å². The van der Waals surface area contributed by atoms with Gasteiger partial charge in [-0.25, -0.2) is 4.39 Å². The fraction of sp³-hybridized carbons (Fsp3) is 0.292. The fourth-order valence-corrected chi connectivity index (χ4v) is 4.08. The van der Waals surface area contributed by atoms with Crippen LogP contribution in [-0.2, 0) is 0 Å². The number of rotatable bonds is 6. The zero-order valence-electron chi connectivity index (χ0n) is 16.9. The third-order valence-electron chi connectivity index (χ3n) is 5.61. The van der Waals surface area contributed by atoms with Gasteiger partial charge in [0, 0.05) is 47.1 Å². The van der Waals surface area contributed by atoms with E-state index in [9.17, 15) is 9.18 Å². The maximum Gasteiger partial charge on any atom is 0.183 e. The van der Waals surface area contributed by atoms with E-state index in [1.807, 2.05) is 36.6 Å². The van der Waals surface area contributed by atoms with Crippen molar-refractivity contribution in [1.82, 2.24) is 4.57 Å². The number of ketones is 1. The summed E-state index contributed by atoms with van der Waals surface area (Å²) in [5, 5.41) is 3.24. The number of carbonyl (C=O) groups excluding carboxylic acids is 1. The summed E-state index contributed by atoms with van der Waals surface area (Å²) < 4.78 is 15.2. The third kappa shape index (κ3) is 4.04. The van der Waals surface area contributed by atoms with Crippen molar-refractivity contribution in [3.05, 3.63) is 77.4 Å². The number of aryl methyl sites for hydroxylation is 1. The van der Waals surface area contributed by atoms with E-state index in [-0.39, 0.29) is 18.1 Å². The van der Waals surface area contributed by atoms with Crippen LogP contribution in [0.2, 0.25) is 0 Å². The van der Waals surface area contributed by atoms with Crippen LogP contribution in [0.3, 0.4) is 0 Å². The van der Waals surface area contributed by atoms with E-state index in [0.29, 0.717) is 5.56 Å². The van der Waals surface area contributed by atoms with Crippen molar-refractivity contribution in [2.24, 2.45) is 0 Å². The lowest BCUT2D eigenvalue weighted by Gasteiger charge is -2.18. The van der Waals surface area contributed by atoms with E-state index < -0.39 is 0 Å². The maximum absolute atomic E-state index is 13.2. The first-order valence-corrected chi connectivity index (χ1v) is 10.1. The molecule has 150 valence electrons. The average molecular weight is 391 g/mol. The minimum Gasteiger partial charge on any atom is -0.378 e. The Morgan fingerprint density at radius 2 is 1.59 bits per heavy atom. The minimum absolute atomic E-state index is 0.0371. The predicted molar refractivity (Wildman–Crippen MR) is 116 cm³/mol. The van der Waals surface area contributed by atoms with Crippen LogP contribution in [0.15, 0.2) is 54.6 Å². The second kappa shape index (κ2) is 8.11. The van der Waals surface area contributed by atoms with E-state index in [0.717, 1.165) is 35.9 Å². The summed E-state index contributed by atoms with van der Waals surface area (Å²) in [5.74, 6) is -0.234. The van der Waals surface area contributed by atoms with Crippen LogP contribution in [0, 0.1) is 19.7 Å². The average Bonchev–Trinajstić information content (AvgIpc) is 3.36. The summed E-state index contributed by atoms with van der Waals surface area (Å²) in [7, 11) is 0. The number of halogens is 1. The molecule has 1 aromatic heterocycles. The first-order valence-electron chi connectivity index (χ1n) is 10.1. The van der Waals surface area contributed by atoms with Gasteiger partial charge in [0.2, 0.25) is 0 Å². The molecule has 1 N–H and O–H groups in total. The minimum atomic E-state index is -0.271. The lowest BCUT2D eigenvalue weighted by atomic mass is 10.1. The Kier molecular flexibility index (Phi) is 5.38. The lowest BCUT2D eigenvalue weighted by Crippen LogP contribution is -2.17. The van der Waals surface area contributed by atoms with E-state index >= 15 is 0 Å². The monoisotopic (exact) mass is 391 g/mol. The summed E-state index contributed by atoms with van der Waals surface area (Å²) in [6, 6.07) is 16.5. The topological polar surface area (TPSA) is 37.3 Å². The molecule has 4 rings (SSSR count). The molecular weight excluding hydrogens is 365 g/mol. The van der Waals surface area contributed by atoms with Gasteiger partial charge in [0.25, 0.3) is 0 Å². The molecule has 0 saturated carbocycles. The number of Topliss-reactive ketones (excluding diaryl/α,β-unsaturated/α-hetero) is 1. The highest BCUT2D eigenvalue weighted by Gasteiger charge is 2.17. The molecule has 5 heteroatoms. The molecular formula is C24H26FN3O. The van der Waals surface area contributed by atoms with Gasteiger partial charge in [0.05, 0.1) is 6.54 Å². The molecule has 0 amide bonds. The van der Waals surface area contributed by atoms with Gasteiger partial charge in [-0.05, 0) is 81.3 Å². The normalized spacial score (nSPS) is 13.7. The molecule has 0 unspecified atom stereocenters. The van der Waals surface area contributed by atoms with Crippen molar-refractivity contribution < 1.29 is 9.18 Å². The Balaban J connectivity index is 1.45. The maximum atomic E-state index is 13.2. The smallest absolute Gasteiger partial charge is 0.183 e. The number of carbonyl (C=O) groups is 1. The molecule has 29 heavy (non-hydrogen) atoms.